The van der Waals surface area contributed by atoms with E-state index in [2.05, 4.69) is 45.9 Å². The third-order valence-corrected chi connectivity index (χ3v) is 4.91. The minimum absolute atomic E-state index is 1.20. The molecule has 0 atom stereocenters. The van der Waals surface area contributed by atoms with E-state index >= 15 is 0 Å². The van der Waals surface area contributed by atoms with Gasteiger partial charge in [-0.05, 0) is 61.4 Å². The van der Waals surface area contributed by atoms with Crippen LogP contribution < -0.4 is 0 Å². The van der Waals surface area contributed by atoms with Crippen LogP contribution in [0.5, 0.6) is 0 Å². The van der Waals surface area contributed by atoms with Gasteiger partial charge in [0.05, 0.1) is 0 Å². The second-order valence-electron chi connectivity index (χ2n) is 5.60. The average molecular weight is 256 g/mol. The first kappa shape index (κ1) is 13.4. The van der Waals surface area contributed by atoms with E-state index < -0.39 is 0 Å². The fourth-order valence-corrected chi connectivity index (χ4v) is 3.91. The van der Waals surface area contributed by atoms with E-state index in [1.165, 1.54) is 57.3 Å². The van der Waals surface area contributed by atoms with Crippen molar-refractivity contribution in [2.75, 3.05) is 0 Å². The van der Waals surface area contributed by atoms with E-state index in [4.69, 9.17) is 0 Å². The SMILES string of the molecule is CCCC1=C([SiH3])CC=C1c1c(C)cc(C)cc1C. The van der Waals surface area contributed by atoms with Gasteiger partial charge in [0, 0.05) is 10.2 Å². The fraction of sp³-hybridized carbons (Fsp3) is 0.412. The number of rotatable bonds is 3. The topological polar surface area (TPSA) is 0 Å². The molecule has 0 N–H and O–H groups in total. The van der Waals surface area contributed by atoms with Gasteiger partial charge in [-0.3, -0.25) is 0 Å². The minimum Gasteiger partial charge on any atom is -0.0843 e. The summed E-state index contributed by atoms with van der Waals surface area (Å²) in [7, 11) is 1.21. The Morgan fingerprint density at radius 2 is 1.72 bits per heavy atom. The molecule has 2 rings (SSSR count). The van der Waals surface area contributed by atoms with Gasteiger partial charge in [-0.15, -0.1) is 0 Å². The Bertz CT molecular complexity index is 510. The van der Waals surface area contributed by atoms with Crippen LogP contribution in [0.25, 0.3) is 5.57 Å². The van der Waals surface area contributed by atoms with Crippen LogP contribution in [0.2, 0.25) is 0 Å². The number of hydrogen-bond acceptors (Lipinski definition) is 0. The van der Waals surface area contributed by atoms with Crippen molar-refractivity contribution >= 4 is 15.8 Å². The Kier molecular flexibility index (Phi) is 3.91. The van der Waals surface area contributed by atoms with Crippen LogP contribution in [-0.4, -0.2) is 10.2 Å². The molecule has 1 aromatic carbocycles. The van der Waals surface area contributed by atoms with Gasteiger partial charge in [0.15, 0.2) is 0 Å². The predicted octanol–water partition coefficient (Wildman–Crippen LogP) is 3.82. The molecule has 0 bridgehead atoms. The van der Waals surface area contributed by atoms with E-state index in [9.17, 15) is 0 Å². The second kappa shape index (κ2) is 5.27. The summed E-state index contributed by atoms with van der Waals surface area (Å²) in [5.74, 6) is 0. The summed E-state index contributed by atoms with van der Waals surface area (Å²) in [6, 6.07) is 4.63. The van der Waals surface area contributed by atoms with Crippen molar-refractivity contribution < 1.29 is 0 Å². The van der Waals surface area contributed by atoms with Crippen molar-refractivity contribution in [3.63, 3.8) is 0 Å². The fourth-order valence-electron chi connectivity index (χ4n) is 3.19. The van der Waals surface area contributed by atoms with Crippen LogP contribution in [0.3, 0.4) is 0 Å². The molecule has 1 aliphatic rings. The van der Waals surface area contributed by atoms with Crippen LogP contribution in [0, 0.1) is 20.8 Å². The highest BCUT2D eigenvalue weighted by Gasteiger charge is 2.18. The minimum atomic E-state index is 1.20. The second-order valence-corrected chi connectivity index (χ2v) is 6.81. The summed E-state index contributed by atoms with van der Waals surface area (Å²) in [6.07, 6.45) is 6.15. The molecule has 0 amide bonds. The maximum Gasteiger partial charge on any atom is 0.0341 e. The van der Waals surface area contributed by atoms with Crippen molar-refractivity contribution in [3.05, 3.63) is 51.2 Å². The standard InChI is InChI=1S/C17H24Si/c1-5-6-14-15(7-8-16(14)18)17-12(3)9-11(2)10-13(17)4/h7,9-10H,5-6,8H2,1-4,18H3. The molecule has 0 fully saturated rings. The molecule has 0 radical (unpaired) electrons. The van der Waals surface area contributed by atoms with Crippen LogP contribution >= 0.6 is 0 Å². The maximum absolute atomic E-state index is 2.46. The Morgan fingerprint density at radius 1 is 1.11 bits per heavy atom. The Balaban J connectivity index is 2.51. The van der Waals surface area contributed by atoms with Crippen LogP contribution in [-0.2, 0) is 0 Å². The molecule has 0 spiro atoms. The van der Waals surface area contributed by atoms with E-state index in [1.807, 2.05) is 0 Å². The lowest BCUT2D eigenvalue weighted by atomic mass is 9.89. The molecule has 1 aromatic rings. The highest BCUT2D eigenvalue weighted by Crippen LogP contribution is 2.38. The zero-order valence-corrected chi connectivity index (χ0v) is 14.4. The lowest BCUT2D eigenvalue weighted by molar-refractivity contribution is 0.927. The summed E-state index contributed by atoms with van der Waals surface area (Å²) in [6.45, 7) is 8.98. The molecule has 0 heterocycles. The molecule has 0 aromatic heterocycles. The van der Waals surface area contributed by atoms with Crippen molar-refractivity contribution in [2.24, 2.45) is 0 Å². The van der Waals surface area contributed by atoms with Gasteiger partial charge < -0.3 is 0 Å². The molecule has 0 nitrogen and oxygen atoms in total. The van der Waals surface area contributed by atoms with Crippen molar-refractivity contribution in [1.82, 2.24) is 0 Å². The van der Waals surface area contributed by atoms with Crippen molar-refractivity contribution in [3.8, 4) is 0 Å². The monoisotopic (exact) mass is 256 g/mol. The predicted molar refractivity (Wildman–Crippen MR) is 85.1 cm³/mol. The van der Waals surface area contributed by atoms with Gasteiger partial charge in [-0.1, -0.05) is 42.3 Å². The maximum atomic E-state index is 2.46. The van der Waals surface area contributed by atoms with Gasteiger partial charge in [0.25, 0.3) is 0 Å². The van der Waals surface area contributed by atoms with Gasteiger partial charge >= 0.3 is 0 Å². The smallest absolute Gasteiger partial charge is 0.0341 e. The normalized spacial score (nSPS) is 15.4. The summed E-state index contributed by atoms with van der Waals surface area (Å²) in [5, 5.41) is 1.70. The first-order chi connectivity index (χ1) is 8.54. The number of aryl methyl sites for hydroxylation is 3. The number of hydrogen-bond donors (Lipinski definition) is 0. The molecule has 96 valence electrons. The summed E-state index contributed by atoms with van der Waals surface area (Å²) in [5.41, 5.74) is 8.93. The summed E-state index contributed by atoms with van der Waals surface area (Å²) >= 11 is 0. The average Bonchev–Trinajstić information content (AvgIpc) is 2.61. The van der Waals surface area contributed by atoms with Gasteiger partial charge in [0.2, 0.25) is 0 Å². The molecule has 0 unspecified atom stereocenters. The largest absolute Gasteiger partial charge is 0.0843 e. The molecule has 0 saturated heterocycles. The lowest BCUT2D eigenvalue weighted by Crippen LogP contribution is -1.97. The van der Waals surface area contributed by atoms with E-state index in [1.54, 1.807) is 10.8 Å². The first-order valence-corrected chi connectivity index (χ1v) is 8.02. The Labute approximate surface area is 114 Å². The zero-order chi connectivity index (χ0) is 13.3. The molecule has 1 aliphatic carbocycles. The number of allylic oxidation sites excluding steroid dienone is 4. The number of benzene rings is 1. The highest BCUT2D eigenvalue weighted by atomic mass is 28.1. The van der Waals surface area contributed by atoms with E-state index in [0.29, 0.717) is 0 Å². The zero-order valence-electron chi connectivity index (χ0n) is 12.4. The van der Waals surface area contributed by atoms with Crippen LogP contribution in [0.1, 0.15) is 48.4 Å². The van der Waals surface area contributed by atoms with Gasteiger partial charge in [-0.25, -0.2) is 0 Å². The summed E-state index contributed by atoms with van der Waals surface area (Å²) in [4.78, 5) is 0. The molecule has 18 heavy (non-hydrogen) atoms. The molecular formula is C17H24Si. The lowest BCUT2D eigenvalue weighted by Gasteiger charge is -2.16. The quantitative estimate of drug-likeness (QED) is 0.721. The van der Waals surface area contributed by atoms with Crippen LogP contribution in [0.15, 0.2) is 29.0 Å². The van der Waals surface area contributed by atoms with Crippen molar-refractivity contribution in [1.29, 1.82) is 0 Å². The molecule has 0 saturated carbocycles. The third-order valence-electron chi connectivity index (χ3n) is 3.90. The first-order valence-electron chi connectivity index (χ1n) is 7.02. The highest BCUT2D eigenvalue weighted by molar-refractivity contribution is 6.24. The van der Waals surface area contributed by atoms with E-state index in [0.717, 1.165) is 0 Å². The van der Waals surface area contributed by atoms with Gasteiger partial charge in [0.1, 0.15) is 0 Å². The Hall–Kier alpha value is -1.08. The van der Waals surface area contributed by atoms with Crippen molar-refractivity contribution in [2.45, 2.75) is 47.0 Å². The van der Waals surface area contributed by atoms with Gasteiger partial charge in [-0.2, -0.15) is 0 Å². The molecule has 1 heteroatoms. The van der Waals surface area contributed by atoms with E-state index in [-0.39, 0.29) is 0 Å². The molecular weight excluding hydrogens is 232 g/mol. The van der Waals surface area contributed by atoms with Crippen LogP contribution in [0.4, 0.5) is 0 Å². The summed E-state index contributed by atoms with van der Waals surface area (Å²) < 4.78 is 0. The molecule has 0 aliphatic heterocycles. The third kappa shape index (κ3) is 2.37. The Morgan fingerprint density at radius 3 is 2.28 bits per heavy atom.